The molecule has 1 aromatic carbocycles. The highest BCUT2D eigenvalue weighted by Crippen LogP contribution is 2.25. The summed E-state index contributed by atoms with van der Waals surface area (Å²) in [6, 6.07) is 6.67. The number of anilines is 2. The molecule has 0 bridgehead atoms. The van der Waals surface area contributed by atoms with Crippen LogP contribution >= 0.6 is 23.2 Å². The number of amides is 2. The van der Waals surface area contributed by atoms with Crippen molar-refractivity contribution in [3.05, 3.63) is 53.3 Å². The third-order valence-electron chi connectivity index (χ3n) is 4.35. The van der Waals surface area contributed by atoms with Crippen LogP contribution in [0.15, 0.2) is 43.2 Å². The number of benzene rings is 1. The number of rotatable bonds is 3. The smallest absolute Gasteiger partial charge is 0.321 e. The minimum absolute atomic E-state index is 0.177. The molecule has 0 saturated carbocycles. The van der Waals surface area contributed by atoms with Crippen molar-refractivity contribution in [2.75, 3.05) is 36.4 Å². The highest BCUT2D eigenvalue weighted by Gasteiger charge is 2.22. The van der Waals surface area contributed by atoms with Gasteiger partial charge in [-0.2, -0.15) is 5.10 Å². The maximum atomic E-state index is 12.5. The summed E-state index contributed by atoms with van der Waals surface area (Å²) in [5.74, 6) is 1.42. The van der Waals surface area contributed by atoms with Crippen LogP contribution in [0.2, 0.25) is 10.0 Å². The number of carbonyl (C=O) groups is 1. The first-order valence-electron chi connectivity index (χ1n) is 8.53. The molecular formula is C17H16Cl2N8O. The van der Waals surface area contributed by atoms with Crippen molar-refractivity contribution in [1.29, 1.82) is 0 Å². The van der Waals surface area contributed by atoms with E-state index in [9.17, 15) is 4.79 Å². The Bertz CT molecular complexity index is 973. The first kappa shape index (κ1) is 18.5. The van der Waals surface area contributed by atoms with Gasteiger partial charge in [0, 0.05) is 37.9 Å². The first-order valence-corrected chi connectivity index (χ1v) is 9.29. The summed E-state index contributed by atoms with van der Waals surface area (Å²) in [5.41, 5.74) is 0.607. The molecule has 0 unspecified atom stereocenters. The van der Waals surface area contributed by atoms with E-state index in [1.165, 1.54) is 12.7 Å². The second-order valence-electron chi connectivity index (χ2n) is 6.11. The Morgan fingerprint density at radius 3 is 2.46 bits per heavy atom. The molecule has 3 aromatic rings. The van der Waals surface area contributed by atoms with Gasteiger partial charge in [0.15, 0.2) is 5.82 Å². The zero-order valence-corrected chi connectivity index (χ0v) is 16.2. The zero-order chi connectivity index (χ0) is 19.5. The van der Waals surface area contributed by atoms with E-state index in [1.54, 1.807) is 34.1 Å². The zero-order valence-electron chi connectivity index (χ0n) is 14.7. The maximum Gasteiger partial charge on any atom is 0.321 e. The molecule has 4 rings (SSSR count). The molecule has 28 heavy (non-hydrogen) atoms. The number of hydrogen-bond donors (Lipinski definition) is 1. The Morgan fingerprint density at radius 1 is 0.964 bits per heavy atom. The normalized spacial score (nSPS) is 14.2. The quantitative estimate of drug-likeness (QED) is 0.702. The number of hydrogen-bond acceptors (Lipinski definition) is 6. The molecule has 1 N–H and O–H groups in total. The van der Waals surface area contributed by atoms with Crippen LogP contribution in [0.25, 0.3) is 5.82 Å². The molecule has 0 aliphatic carbocycles. The topological polar surface area (TPSA) is 92.1 Å². The van der Waals surface area contributed by atoms with Crippen LogP contribution in [0.4, 0.5) is 16.3 Å². The van der Waals surface area contributed by atoms with E-state index in [0.29, 0.717) is 47.7 Å². The van der Waals surface area contributed by atoms with Gasteiger partial charge in [0.2, 0.25) is 0 Å². The third-order valence-corrected chi connectivity index (χ3v) is 5.09. The van der Waals surface area contributed by atoms with Gasteiger partial charge in [-0.3, -0.25) is 0 Å². The number of urea groups is 1. The third kappa shape index (κ3) is 4.00. The number of carbonyl (C=O) groups excluding carboxylic acids is 1. The van der Waals surface area contributed by atoms with Crippen molar-refractivity contribution >= 4 is 40.7 Å². The van der Waals surface area contributed by atoms with Crippen LogP contribution in [0.1, 0.15) is 0 Å². The Balaban J connectivity index is 1.37. The average Bonchev–Trinajstić information content (AvgIpc) is 3.26. The van der Waals surface area contributed by atoms with E-state index < -0.39 is 0 Å². The molecule has 2 aromatic heterocycles. The highest BCUT2D eigenvalue weighted by atomic mass is 35.5. The first-order chi connectivity index (χ1) is 13.6. The largest absolute Gasteiger partial charge is 0.353 e. The van der Waals surface area contributed by atoms with Gasteiger partial charge in [0.1, 0.15) is 24.8 Å². The Kier molecular flexibility index (Phi) is 5.27. The summed E-state index contributed by atoms with van der Waals surface area (Å²) in [5, 5.41) is 7.77. The lowest BCUT2D eigenvalue weighted by molar-refractivity contribution is 0.208. The van der Waals surface area contributed by atoms with Crippen molar-refractivity contribution in [3.8, 4) is 5.82 Å². The molecule has 1 aliphatic rings. The minimum atomic E-state index is -0.177. The summed E-state index contributed by atoms with van der Waals surface area (Å²) in [6.45, 7) is 2.44. The number of piperazine rings is 1. The molecule has 1 aliphatic heterocycles. The lowest BCUT2D eigenvalue weighted by atomic mass is 10.3. The number of nitrogens with zero attached hydrogens (tertiary/aromatic N) is 7. The fourth-order valence-electron chi connectivity index (χ4n) is 2.88. The molecule has 1 fully saturated rings. The van der Waals surface area contributed by atoms with E-state index >= 15 is 0 Å². The van der Waals surface area contributed by atoms with Crippen molar-refractivity contribution in [2.45, 2.75) is 0 Å². The molecule has 2 amide bonds. The van der Waals surface area contributed by atoms with Crippen molar-refractivity contribution in [3.63, 3.8) is 0 Å². The van der Waals surface area contributed by atoms with Gasteiger partial charge >= 0.3 is 6.03 Å². The standard InChI is InChI=1S/C17H16Cl2N8O/c18-13-2-1-12(7-14(13)19)24-17(28)26-5-3-25(4-6-26)15-8-16(22-10-21-15)27-11-20-9-23-27/h1-2,7-11H,3-6H2,(H,24,28). The van der Waals surface area contributed by atoms with E-state index in [-0.39, 0.29) is 6.03 Å². The van der Waals surface area contributed by atoms with Crippen LogP contribution in [-0.2, 0) is 0 Å². The lowest BCUT2D eigenvalue weighted by Gasteiger charge is -2.35. The number of aromatic nitrogens is 5. The van der Waals surface area contributed by atoms with Crippen LogP contribution in [0.5, 0.6) is 0 Å². The second kappa shape index (κ2) is 7.99. The van der Waals surface area contributed by atoms with Gasteiger partial charge in [-0.15, -0.1) is 0 Å². The van der Waals surface area contributed by atoms with Crippen LogP contribution in [-0.4, -0.2) is 61.8 Å². The summed E-state index contributed by atoms with van der Waals surface area (Å²) in [4.78, 5) is 28.8. The van der Waals surface area contributed by atoms with Gasteiger partial charge in [0.25, 0.3) is 0 Å². The summed E-state index contributed by atoms with van der Waals surface area (Å²) >= 11 is 11.9. The predicted molar refractivity (Wildman–Crippen MR) is 106 cm³/mol. The molecule has 9 nitrogen and oxygen atoms in total. The van der Waals surface area contributed by atoms with Crippen LogP contribution < -0.4 is 10.2 Å². The van der Waals surface area contributed by atoms with Gasteiger partial charge in [-0.25, -0.2) is 24.4 Å². The molecule has 0 radical (unpaired) electrons. The predicted octanol–water partition coefficient (Wildman–Crippen LogP) is 2.72. The van der Waals surface area contributed by atoms with Crippen LogP contribution in [0.3, 0.4) is 0 Å². The fraction of sp³-hybridized carbons (Fsp3) is 0.235. The van der Waals surface area contributed by atoms with E-state index in [1.807, 2.05) is 6.07 Å². The molecular weight excluding hydrogens is 403 g/mol. The number of halogens is 2. The second-order valence-corrected chi connectivity index (χ2v) is 6.92. The molecule has 3 heterocycles. The maximum absolute atomic E-state index is 12.5. The average molecular weight is 419 g/mol. The van der Waals surface area contributed by atoms with E-state index in [0.717, 1.165) is 5.82 Å². The fourth-order valence-corrected chi connectivity index (χ4v) is 3.18. The molecule has 0 atom stereocenters. The molecule has 0 spiro atoms. The van der Waals surface area contributed by atoms with Gasteiger partial charge in [-0.1, -0.05) is 23.2 Å². The molecule has 11 heteroatoms. The molecule has 1 saturated heterocycles. The molecule has 144 valence electrons. The number of nitrogens with one attached hydrogen (secondary N) is 1. The van der Waals surface area contributed by atoms with Crippen molar-refractivity contribution in [1.82, 2.24) is 29.6 Å². The van der Waals surface area contributed by atoms with E-state index in [4.69, 9.17) is 23.2 Å². The van der Waals surface area contributed by atoms with Gasteiger partial charge < -0.3 is 15.1 Å². The minimum Gasteiger partial charge on any atom is -0.353 e. The van der Waals surface area contributed by atoms with Crippen LogP contribution in [0, 0.1) is 0 Å². The van der Waals surface area contributed by atoms with Gasteiger partial charge in [0.05, 0.1) is 10.0 Å². The van der Waals surface area contributed by atoms with Crippen molar-refractivity contribution < 1.29 is 4.79 Å². The summed E-state index contributed by atoms with van der Waals surface area (Å²) < 4.78 is 1.58. The van der Waals surface area contributed by atoms with E-state index in [2.05, 4.69) is 30.3 Å². The highest BCUT2D eigenvalue weighted by molar-refractivity contribution is 6.42. The SMILES string of the molecule is O=C(Nc1ccc(Cl)c(Cl)c1)N1CCN(c2cc(-n3cncn3)ncn2)CC1. The lowest BCUT2D eigenvalue weighted by Crippen LogP contribution is -2.50. The Labute approximate surface area is 170 Å². The monoisotopic (exact) mass is 418 g/mol. The van der Waals surface area contributed by atoms with Crippen molar-refractivity contribution in [2.24, 2.45) is 0 Å². The summed E-state index contributed by atoms with van der Waals surface area (Å²) in [6.07, 6.45) is 4.53. The Morgan fingerprint density at radius 2 is 1.75 bits per heavy atom. The van der Waals surface area contributed by atoms with Gasteiger partial charge in [-0.05, 0) is 18.2 Å². The Hall–Kier alpha value is -2.91. The summed E-state index contributed by atoms with van der Waals surface area (Å²) in [7, 11) is 0.